The van der Waals surface area contributed by atoms with E-state index in [-0.39, 0.29) is 29.1 Å². The highest BCUT2D eigenvalue weighted by Crippen LogP contribution is 2.30. The number of fused-ring (bicyclic) bond motifs is 1. The fourth-order valence-corrected chi connectivity index (χ4v) is 2.85. The predicted octanol–water partition coefficient (Wildman–Crippen LogP) is 3.79. The molecule has 0 aliphatic carbocycles. The number of rotatable bonds is 3. The molecule has 0 bridgehead atoms. The van der Waals surface area contributed by atoms with E-state index in [1.165, 1.54) is 46.0 Å². The molecule has 0 atom stereocenters. The number of hydrogen-bond donors (Lipinski definition) is 0. The first-order chi connectivity index (χ1) is 13.3. The van der Waals surface area contributed by atoms with Gasteiger partial charge in [-0.2, -0.15) is 18.3 Å². The molecule has 142 valence electrons. The van der Waals surface area contributed by atoms with E-state index in [0.717, 1.165) is 12.1 Å². The number of halogens is 4. The summed E-state index contributed by atoms with van der Waals surface area (Å²) in [7, 11) is 0. The SMILES string of the molecule is O=c1c2cnn(-c3cccc(C(F)(F)F)c3)c2ncn1Cc1ccc(F)cc1. The van der Waals surface area contributed by atoms with Crippen LogP contribution in [0.25, 0.3) is 16.7 Å². The van der Waals surface area contributed by atoms with Gasteiger partial charge in [-0.15, -0.1) is 0 Å². The Labute approximate surface area is 155 Å². The summed E-state index contributed by atoms with van der Waals surface area (Å²) < 4.78 is 54.4. The lowest BCUT2D eigenvalue weighted by Crippen LogP contribution is -2.21. The summed E-state index contributed by atoms with van der Waals surface area (Å²) in [6.45, 7) is 0.177. The van der Waals surface area contributed by atoms with Crippen molar-refractivity contribution in [2.45, 2.75) is 12.7 Å². The quantitative estimate of drug-likeness (QED) is 0.502. The van der Waals surface area contributed by atoms with Crippen molar-refractivity contribution in [3.63, 3.8) is 0 Å². The minimum atomic E-state index is -4.49. The lowest BCUT2D eigenvalue weighted by Gasteiger charge is -2.09. The molecular formula is C19H12F4N4O. The Balaban J connectivity index is 1.75. The van der Waals surface area contributed by atoms with Crippen LogP contribution in [0.15, 0.2) is 65.8 Å². The largest absolute Gasteiger partial charge is 0.416 e. The second-order valence-electron chi connectivity index (χ2n) is 6.15. The number of aromatic nitrogens is 4. The smallest absolute Gasteiger partial charge is 0.294 e. The van der Waals surface area contributed by atoms with Crippen molar-refractivity contribution in [2.24, 2.45) is 0 Å². The Kier molecular flexibility index (Phi) is 4.21. The Bertz CT molecular complexity index is 1210. The van der Waals surface area contributed by atoms with Gasteiger partial charge in [0.1, 0.15) is 17.5 Å². The number of benzene rings is 2. The summed E-state index contributed by atoms with van der Waals surface area (Å²) >= 11 is 0. The van der Waals surface area contributed by atoms with Crippen LogP contribution in [0.4, 0.5) is 17.6 Å². The highest BCUT2D eigenvalue weighted by atomic mass is 19.4. The van der Waals surface area contributed by atoms with Crippen LogP contribution in [0.3, 0.4) is 0 Å². The summed E-state index contributed by atoms with van der Waals surface area (Å²) in [4.78, 5) is 16.9. The van der Waals surface area contributed by atoms with Crippen LogP contribution in [-0.2, 0) is 12.7 Å². The van der Waals surface area contributed by atoms with Gasteiger partial charge in [0.25, 0.3) is 5.56 Å². The van der Waals surface area contributed by atoms with Crippen LogP contribution < -0.4 is 5.56 Å². The normalized spacial score (nSPS) is 11.9. The summed E-state index contributed by atoms with van der Waals surface area (Å²) in [6, 6.07) is 10.3. The lowest BCUT2D eigenvalue weighted by atomic mass is 10.2. The Morgan fingerprint density at radius 2 is 1.79 bits per heavy atom. The zero-order valence-corrected chi connectivity index (χ0v) is 14.2. The van der Waals surface area contributed by atoms with Crippen molar-refractivity contribution >= 4 is 11.0 Å². The van der Waals surface area contributed by atoms with Crippen LogP contribution >= 0.6 is 0 Å². The standard InChI is InChI=1S/C19H12F4N4O/c20-14-6-4-12(5-7-14)10-26-11-24-17-16(18(26)28)9-25-27(17)15-3-1-2-13(8-15)19(21,22)23/h1-9,11H,10H2. The molecule has 9 heteroatoms. The van der Waals surface area contributed by atoms with Crippen LogP contribution in [0.1, 0.15) is 11.1 Å². The van der Waals surface area contributed by atoms with Gasteiger partial charge in [-0.05, 0) is 35.9 Å². The van der Waals surface area contributed by atoms with E-state index >= 15 is 0 Å². The summed E-state index contributed by atoms with van der Waals surface area (Å²) in [6.07, 6.45) is -1.93. The molecule has 0 radical (unpaired) electrons. The molecule has 28 heavy (non-hydrogen) atoms. The average molecular weight is 388 g/mol. The molecule has 2 heterocycles. The number of alkyl halides is 3. The Morgan fingerprint density at radius 1 is 1.04 bits per heavy atom. The van der Waals surface area contributed by atoms with Crippen molar-refractivity contribution in [3.05, 3.63) is 88.4 Å². The molecule has 0 fully saturated rings. The first kappa shape index (κ1) is 17.9. The van der Waals surface area contributed by atoms with Crippen LogP contribution in [0, 0.1) is 5.82 Å². The van der Waals surface area contributed by atoms with Gasteiger partial charge in [0.15, 0.2) is 5.65 Å². The van der Waals surface area contributed by atoms with Gasteiger partial charge in [-0.25, -0.2) is 14.1 Å². The molecule has 2 aromatic heterocycles. The summed E-state index contributed by atoms with van der Waals surface area (Å²) in [5.74, 6) is -0.382. The van der Waals surface area contributed by atoms with Gasteiger partial charge < -0.3 is 0 Å². The molecule has 0 saturated heterocycles. The number of nitrogens with zero attached hydrogens (tertiary/aromatic N) is 4. The highest BCUT2D eigenvalue weighted by Gasteiger charge is 2.30. The van der Waals surface area contributed by atoms with Crippen molar-refractivity contribution in [1.29, 1.82) is 0 Å². The topological polar surface area (TPSA) is 52.7 Å². The summed E-state index contributed by atoms with van der Waals surface area (Å²) in [5, 5.41) is 4.20. The van der Waals surface area contributed by atoms with Crippen LogP contribution in [0.5, 0.6) is 0 Å². The molecule has 4 rings (SSSR count). The van der Waals surface area contributed by atoms with Gasteiger partial charge in [-0.1, -0.05) is 18.2 Å². The van der Waals surface area contributed by atoms with Crippen molar-refractivity contribution in [1.82, 2.24) is 19.3 Å². The molecule has 2 aromatic carbocycles. The fourth-order valence-electron chi connectivity index (χ4n) is 2.85. The number of hydrogen-bond acceptors (Lipinski definition) is 3. The van der Waals surface area contributed by atoms with Crippen LogP contribution in [-0.4, -0.2) is 19.3 Å². The van der Waals surface area contributed by atoms with Gasteiger partial charge in [-0.3, -0.25) is 9.36 Å². The second-order valence-corrected chi connectivity index (χ2v) is 6.15. The minimum Gasteiger partial charge on any atom is -0.294 e. The maximum absolute atomic E-state index is 13.0. The molecule has 4 aromatic rings. The van der Waals surface area contributed by atoms with Crippen molar-refractivity contribution in [2.75, 3.05) is 0 Å². The van der Waals surface area contributed by atoms with Crippen LogP contribution in [0.2, 0.25) is 0 Å². The van der Waals surface area contributed by atoms with E-state index < -0.39 is 17.3 Å². The molecule has 0 N–H and O–H groups in total. The van der Waals surface area contributed by atoms with E-state index in [1.54, 1.807) is 12.1 Å². The van der Waals surface area contributed by atoms with Gasteiger partial charge in [0.05, 0.1) is 24.0 Å². The van der Waals surface area contributed by atoms with Gasteiger partial charge in [0, 0.05) is 0 Å². The predicted molar refractivity (Wildman–Crippen MR) is 93.6 cm³/mol. The van der Waals surface area contributed by atoms with Crippen molar-refractivity contribution < 1.29 is 17.6 Å². The summed E-state index contributed by atoms with van der Waals surface area (Å²) in [5.41, 5.74) is -0.214. The molecule has 0 spiro atoms. The van der Waals surface area contributed by atoms with E-state index in [9.17, 15) is 22.4 Å². The lowest BCUT2D eigenvalue weighted by molar-refractivity contribution is -0.137. The first-order valence-corrected chi connectivity index (χ1v) is 8.18. The third-order valence-electron chi connectivity index (χ3n) is 4.24. The van der Waals surface area contributed by atoms with E-state index in [2.05, 4.69) is 10.1 Å². The average Bonchev–Trinajstić information content (AvgIpc) is 3.10. The highest BCUT2D eigenvalue weighted by molar-refractivity contribution is 5.75. The molecule has 0 aliphatic rings. The third-order valence-corrected chi connectivity index (χ3v) is 4.24. The molecular weight excluding hydrogens is 376 g/mol. The van der Waals surface area contributed by atoms with E-state index in [0.29, 0.717) is 5.56 Å². The maximum Gasteiger partial charge on any atom is 0.416 e. The first-order valence-electron chi connectivity index (χ1n) is 8.18. The maximum atomic E-state index is 13.0. The van der Waals surface area contributed by atoms with Gasteiger partial charge >= 0.3 is 6.18 Å². The Hall–Kier alpha value is -3.49. The van der Waals surface area contributed by atoms with Crippen molar-refractivity contribution in [3.8, 4) is 5.69 Å². The minimum absolute atomic E-state index is 0.146. The third kappa shape index (κ3) is 3.26. The zero-order chi connectivity index (χ0) is 19.9. The zero-order valence-electron chi connectivity index (χ0n) is 14.2. The van der Waals surface area contributed by atoms with E-state index in [4.69, 9.17) is 0 Å². The van der Waals surface area contributed by atoms with E-state index in [1.807, 2.05) is 0 Å². The molecule has 0 amide bonds. The van der Waals surface area contributed by atoms with Gasteiger partial charge in [0.2, 0.25) is 0 Å². The fraction of sp³-hybridized carbons (Fsp3) is 0.105. The molecule has 0 saturated carbocycles. The second kappa shape index (κ2) is 6.59. The monoisotopic (exact) mass is 388 g/mol. The molecule has 5 nitrogen and oxygen atoms in total. The molecule has 0 unspecified atom stereocenters. The molecule has 0 aliphatic heterocycles. The Morgan fingerprint density at radius 3 is 2.50 bits per heavy atom.